The van der Waals surface area contributed by atoms with Crippen LogP contribution < -0.4 is 0 Å². The Kier molecular flexibility index (Phi) is 4.91. The summed E-state index contributed by atoms with van der Waals surface area (Å²) in [7, 11) is 0. The molecule has 2 atom stereocenters. The van der Waals surface area contributed by atoms with Gasteiger partial charge in [0.05, 0.1) is 6.10 Å². The predicted molar refractivity (Wildman–Crippen MR) is 90.9 cm³/mol. The van der Waals surface area contributed by atoms with Crippen LogP contribution in [0.1, 0.15) is 30.2 Å². The molecule has 4 heteroatoms. The van der Waals surface area contributed by atoms with Gasteiger partial charge in [0.1, 0.15) is 0 Å². The van der Waals surface area contributed by atoms with E-state index in [-0.39, 0.29) is 11.5 Å². The molecule has 3 nitrogen and oxygen atoms in total. The van der Waals surface area contributed by atoms with Gasteiger partial charge in [0, 0.05) is 35.8 Å². The lowest BCUT2D eigenvalue weighted by molar-refractivity contribution is 0.0375. The Morgan fingerprint density at radius 3 is 3.00 bits per heavy atom. The van der Waals surface area contributed by atoms with Gasteiger partial charge in [-0.2, -0.15) is 0 Å². The van der Waals surface area contributed by atoms with Crippen LogP contribution in [0.2, 0.25) is 0 Å². The summed E-state index contributed by atoms with van der Waals surface area (Å²) in [5.74, 6) is 0. The SMILES string of the molecule is C[C@H](O)[C@@]1(CCc2cccs2)CCN(Cc2cccnc2)C1. The molecule has 118 valence electrons. The van der Waals surface area contributed by atoms with E-state index in [2.05, 4.69) is 33.5 Å². The first-order valence-electron chi connectivity index (χ1n) is 8.00. The molecule has 3 heterocycles. The van der Waals surface area contributed by atoms with Crippen molar-refractivity contribution < 1.29 is 5.11 Å². The molecule has 0 saturated carbocycles. The average Bonchev–Trinajstić information content (AvgIpc) is 3.16. The molecule has 0 aromatic carbocycles. The number of aromatic nitrogens is 1. The predicted octanol–water partition coefficient (Wildman–Crippen LogP) is 3.35. The molecule has 1 saturated heterocycles. The van der Waals surface area contributed by atoms with Crippen molar-refractivity contribution in [3.63, 3.8) is 0 Å². The molecule has 0 aliphatic carbocycles. The third-order valence-electron chi connectivity index (χ3n) is 4.93. The molecule has 0 bridgehead atoms. The summed E-state index contributed by atoms with van der Waals surface area (Å²) < 4.78 is 0. The number of aliphatic hydroxyl groups is 1. The molecule has 1 aliphatic heterocycles. The number of likely N-dealkylation sites (tertiary alicyclic amines) is 1. The normalized spacial score (nSPS) is 23.7. The van der Waals surface area contributed by atoms with Crippen LogP contribution in [-0.2, 0) is 13.0 Å². The minimum atomic E-state index is -0.258. The highest BCUT2D eigenvalue weighted by Gasteiger charge is 2.41. The molecule has 1 aliphatic rings. The number of thiophene rings is 1. The third kappa shape index (κ3) is 3.57. The molecule has 22 heavy (non-hydrogen) atoms. The van der Waals surface area contributed by atoms with Crippen molar-refractivity contribution >= 4 is 11.3 Å². The molecule has 1 fully saturated rings. The Hall–Kier alpha value is -1.23. The smallest absolute Gasteiger partial charge is 0.0581 e. The summed E-state index contributed by atoms with van der Waals surface area (Å²) in [5.41, 5.74) is 1.29. The second kappa shape index (κ2) is 6.90. The minimum absolute atomic E-state index is 0.0339. The average molecular weight is 316 g/mol. The van der Waals surface area contributed by atoms with Crippen molar-refractivity contribution in [2.24, 2.45) is 5.41 Å². The van der Waals surface area contributed by atoms with Gasteiger partial charge < -0.3 is 5.11 Å². The lowest BCUT2D eigenvalue weighted by Crippen LogP contribution is -2.36. The largest absolute Gasteiger partial charge is 0.393 e. The number of nitrogens with zero attached hydrogens (tertiary/aromatic N) is 2. The van der Waals surface area contributed by atoms with Gasteiger partial charge in [0.15, 0.2) is 0 Å². The summed E-state index contributed by atoms with van der Waals surface area (Å²) in [6.45, 7) is 4.93. The lowest BCUT2D eigenvalue weighted by Gasteiger charge is -2.32. The van der Waals surface area contributed by atoms with Gasteiger partial charge in [0.2, 0.25) is 0 Å². The van der Waals surface area contributed by atoms with E-state index >= 15 is 0 Å². The molecule has 0 spiro atoms. The van der Waals surface area contributed by atoms with Gasteiger partial charge in [-0.05, 0) is 55.8 Å². The van der Waals surface area contributed by atoms with Gasteiger partial charge in [0.25, 0.3) is 0 Å². The van der Waals surface area contributed by atoms with Crippen molar-refractivity contribution in [3.05, 3.63) is 52.5 Å². The fourth-order valence-corrected chi connectivity index (χ4v) is 4.16. The molecular formula is C18H24N2OS. The van der Waals surface area contributed by atoms with Gasteiger partial charge in [-0.1, -0.05) is 12.1 Å². The van der Waals surface area contributed by atoms with E-state index in [1.807, 2.05) is 36.7 Å². The van der Waals surface area contributed by atoms with Crippen LogP contribution in [0.15, 0.2) is 42.0 Å². The Morgan fingerprint density at radius 1 is 1.41 bits per heavy atom. The van der Waals surface area contributed by atoms with Gasteiger partial charge in [-0.25, -0.2) is 0 Å². The van der Waals surface area contributed by atoms with E-state index < -0.39 is 0 Å². The first-order valence-corrected chi connectivity index (χ1v) is 8.88. The number of aryl methyl sites for hydroxylation is 1. The molecule has 1 N–H and O–H groups in total. The van der Waals surface area contributed by atoms with Gasteiger partial charge >= 0.3 is 0 Å². The van der Waals surface area contributed by atoms with E-state index in [9.17, 15) is 5.11 Å². The fourth-order valence-electron chi connectivity index (χ4n) is 3.45. The van der Waals surface area contributed by atoms with Crippen molar-refractivity contribution in [1.29, 1.82) is 0 Å². The summed E-state index contributed by atoms with van der Waals surface area (Å²) in [5, 5.41) is 12.5. The van der Waals surface area contributed by atoms with Crippen LogP contribution in [-0.4, -0.2) is 34.2 Å². The van der Waals surface area contributed by atoms with Crippen LogP contribution in [0.25, 0.3) is 0 Å². The van der Waals surface area contributed by atoms with E-state index in [1.165, 1.54) is 10.4 Å². The van der Waals surface area contributed by atoms with Crippen LogP contribution >= 0.6 is 11.3 Å². The van der Waals surface area contributed by atoms with Gasteiger partial charge in [-0.3, -0.25) is 9.88 Å². The maximum atomic E-state index is 10.4. The minimum Gasteiger partial charge on any atom is -0.393 e. The van der Waals surface area contributed by atoms with Gasteiger partial charge in [-0.15, -0.1) is 11.3 Å². The number of aliphatic hydroxyl groups excluding tert-OH is 1. The summed E-state index contributed by atoms with van der Waals surface area (Å²) in [6, 6.07) is 8.42. The van der Waals surface area contributed by atoms with Crippen LogP contribution in [0.5, 0.6) is 0 Å². The Labute approximate surface area is 136 Å². The van der Waals surface area contributed by atoms with E-state index in [1.54, 1.807) is 0 Å². The maximum Gasteiger partial charge on any atom is 0.0581 e. The molecule has 0 radical (unpaired) electrons. The monoisotopic (exact) mass is 316 g/mol. The first-order chi connectivity index (χ1) is 10.7. The second-order valence-corrected chi connectivity index (χ2v) is 7.47. The highest BCUT2D eigenvalue weighted by Crippen LogP contribution is 2.39. The summed E-state index contributed by atoms with van der Waals surface area (Å²) >= 11 is 1.82. The highest BCUT2D eigenvalue weighted by molar-refractivity contribution is 7.09. The molecule has 2 aromatic rings. The fraction of sp³-hybridized carbons (Fsp3) is 0.500. The van der Waals surface area contributed by atoms with Crippen molar-refractivity contribution in [1.82, 2.24) is 9.88 Å². The molecule has 0 unspecified atom stereocenters. The molecule has 2 aromatic heterocycles. The first kappa shape index (κ1) is 15.7. The number of rotatable bonds is 6. The Bertz CT molecular complexity index is 570. The standard InChI is InChI=1S/C18H24N2OS/c1-15(21)18(7-6-17-5-3-11-22-17)8-10-20(14-18)13-16-4-2-9-19-12-16/h2-5,9,11-12,15,21H,6-8,10,13-14H2,1H3/t15-,18-/m0/s1. The quantitative estimate of drug-likeness (QED) is 0.888. The van der Waals surface area contributed by atoms with Crippen LogP contribution in [0.3, 0.4) is 0 Å². The van der Waals surface area contributed by atoms with Crippen LogP contribution in [0, 0.1) is 5.41 Å². The Balaban J connectivity index is 1.62. The van der Waals surface area contributed by atoms with Crippen LogP contribution in [0.4, 0.5) is 0 Å². The third-order valence-corrected chi connectivity index (χ3v) is 5.87. The van der Waals surface area contributed by atoms with Crippen molar-refractivity contribution in [3.8, 4) is 0 Å². The molecular weight excluding hydrogens is 292 g/mol. The summed E-state index contributed by atoms with van der Waals surface area (Å²) in [6.07, 6.45) is 6.71. The maximum absolute atomic E-state index is 10.4. The number of hydrogen-bond donors (Lipinski definition) is 1. The van der Waals surface area contributed by atoms with E-state index in [4.69, 9.17) is 0 Å². The number of pyridine rings is 1. The second-order valence-electron chi connectivity index (χ2n) is 6.44. The topological polar surface area (TPSA) is 36.4 Å². The van der Waals surface area contributed by atoms with Crippen molar-refractivity contribution in [2.45, 2.75) is 38.8 Å². The van der Waals surface area contributed by atoms with E-state index in [0.29, 0.717) is 0 Å². The van der Waals surface area contributed by atoms with Crippen molar-refractivity contribution in [2.75, 3.05) is 13.1 Å². The summed E-state index contributed by atoms with van der Waals surface area (Å²) in [4.78, 5) is 8.07. The molecule has 0 amide bonds. The lowest BCUT2D eigenvalue weighted by atomic mass is 9.77. The zero-order valence-corrected chi connectivity index (χ0v) is 13.9. The zero-order chi connectivity index (χ0) is 15.4. The highest BCUT2D eigenvalue weighted by atomic mass is 32.1. The van der Waals surface area contributed by atoms with E-state index in [0.717, 1.165) is 38.9 Å². The number of hydrogen-bond acceptors (Lipinski definition) is 4. The zero-order valence-electron chi connectivity index (χ0n) is 13.1. The Morgan fingerprint density at radius 2 is 2.32 bits per heavy atom. The molecule has 3 rings (SSSR count).